The number of pyridine rings is 1. The van der Waals surface area contributed by atoms with E-state index >= 15 is 0 Å². The van der Waals surface area contributed by atoms with Crippen LogP contribution in [-0.2, 0) is 0 Å². The molecule has 1 aliphatic heterocycles. The van der Waals surface area contributed by atoms with Crippen LogP contribution in [-0.4, -0.2) is 41.1 Å². The Labute approximate surface area is 181 Å². The van der Waals surface area contributed by atoms with Crippen LogP contribution in [0.3, 0.4) is 0 Å². The molecule has 1 aliphatic rings. The summed E-state index contributed by atoms with van der Waals surface area (Å²) in [5.41, 5.74) is 3.10. The molecule has 1 fully saturated rings. The fourth-order valence-corrected chi connectivity index (χ4v) is 3.71. The van der Waals surface area contributed by atoms with Crippen LogP contribution in [0.15, 0.2) is 91.5 Å². The Bertz CT molecular complexity index is 1110. The second kappa shape index (κ2) is 8.83. The topological polar surface area (TPSA) is 54.4 Å². The molecule has 2 aromatic heterocycles. The number of ether oxygens (including phenoxy) is 1. The van der Waals surface area contributed by atoms with E-state index in [4.69, 9.17) is 9.72 Å². The zero-order valence-electron chi connectivity index (χ0n) is 17.1. The number of rotatable bonds is 5. The monoisotopic (exact) mass is 409 g/mol. The van der Waals surface area contributed by atoms with E-state index in [-0.39, 0.29) is 0 Å². The minimum absolute atomic E-state index is 0.797. The van der Waals surface area contributed by atoms with Gasteiger partial charge in [0.2, 0.25) is 0 Å². The van der Waals surface area contributed by atoms with Gasteiger partial charge in [0.05, 0.1) is 18.1 Å². The Morgan fingerprint density at radius 2 is 1.32 bits per heavy atom. The van der Waals surface area contributed by atoms with Gasteiger partial charge in [0.15, 0.2) is 0 Å². The summed E-state index contributed by atoms with van der Waals surface area (Å²) in [5, 5.41) is 0. The van der Waals surface area contributed by atoms with Gasteiger partial charge in [-0.15, -0.1) is 0 Å². The third-order valence-corrected chi connectivity index (χ3v) is 5.38. The number of nitrogens with zero attached hydrogens (tertiary/aromatic N) is 5. The summed E-state index contributed by atoms with van der Waals surface area (Å²) in [4.78, 5) is 18.1. The first-order chi connectivity index (χ1) is 15.3. The quantitative estimate of drug-likeness (QED) is 0.478. The predicted octanol–water partition coefficient (Wildman–Crippen LogP) is 4.66. The number of hydrogen-bond acceptors (Lipinski definition) is 6. The minimum atomic E-state index is 0.797. The lowest BCUT2D eigenvalue weighted by molar-refractivity contribution is 0.483. The van der Waals surface area contributed by atoms with Gasteiger partial charge < -0.3 is 14.5 Å². The van der Waals surface area contributed by atoms with E-state index in [1.807, 2.05) is 79.4 Å². The highest BCUT2D eigenvalue weighted by Crippen LogP contribution is 2.26. The van der Waals surface area contributed by atoms with E-state index in [9.17, 15) is 0 Å². The third-order valence-electron chi connectivity index (χ3n) is 5.38. The van der Waals surface area contributed by atoms with Gasteiger partial charge in [-0.2, -0.15) is 0 Å². The van der Waals surface area contributed by atoms with Crippen LogP contribution in [0.4, 0.5) is 11.5 Å². The number of benzene rings is 2. The van der Waals surface area contributed by atoms with Crippen LogP contribution in [0.1, 0.15) is 0 Å². The SMILES string of the molecule is c1ccc(Oc2ccc(-c3cncc(N4CCN(c5ccncc5)CC4)n3)cc2)cc1. The molecule has 4 aromatic rings. The molecule has 0 unspecified atom stereocenters. The summed E-state index contributed by atoms with van der Waals surface area (Å²) in [5.74, 6) is 2.53. The maximum absolute atomic E-state index is 5.88. The average Bonchev–Trinajstić information content (AvgIpc) is 2.86. The molecule has 0 N–H and O–H groups in total. The molecule has 6 nitrogen and oxygen atoms in total. The molecular formula is C25H23N5O. The van der Waals surface area contributed by atoms with E-state index in [0.717, 1.165) is 54.8 Å². The van der Waals surface area contributed by atoms with E-state index in [2.05, 4.69) is 31.9 Å². The molecule has 0 atom stereocenters. The van der Waals surface area contributed by atoms with Crippen molar-refractivity contribution in [2.45, 2.75) is 0 Å². The standard InChI is InChI=1S/C25H23N5O/c1-2-4-22(5-3-1)31-23-8-6-20(7-9-23)24-18-27-19-25(28-24)30-16-14-29(15-17-30)21-10-12-26-13-11-21/h1-13,18-19H,14-17H2. The highest BCUT2D eigenvalue weighted by atomic mass is 16.5. The van der Waals surface area contributed by atoms with Gasteiger partial charge in [-0.1, -0.05) is 18.2 Å². The van der Waals surface area contributed by atoms with Crippen molar-refractivity contribution in [1.29, 1.82) is 0 Å². The van der Waals surface area contributed by atoms with Crippen molar-refractivity contribution in [2.24, 2.45) is 0 Å². The Morgan fingerprint density at radius 3 is 2.06 bits per heavy atom. The molecule has 3 heterocycles. The lowest BCUT2D eigenvalue weighted by Gasteiger charge is -2.36. The van der Waals surface area contributed by atoms with Crippen molar-refractivity contribution in [3.63, 3.8) is 0 Å². The molecule has 154 valence electrons. The van der Waals surface area contributed by atoms with Crippen LogP contribution in [0.25, 0.3) is 11.3 Å². The fourth-order valence-electron chi connectivity index (χ4n) is 3.71. The lowest BCUT2D eigenvalue weighted by atomic mass is 10.1. The van der Waals surface area contributed by atoms with Gasteiger partial charge in [-0.3, -0.25) is 9.97 Å². The Balaban J connectivity index is 1.26. The van der Waals surface area contributed by atoms with Crippen molar-refractivity contribution in [2.75, 3.05) is 36.0 Å². The molecule has 6 heteroatoms. The van der Waals surface area contributed by atoms with Gasteiger partial charge >= 0.3 is 0 Å². The zero-order valence-corrected chi connectivity index (χ0v) is 17.1. The molecule has 0 bridgehead atoms. The van der Waals surface area contributed by atoms with E-state index in [0.29, 0.717) is 0 Å². The third kappa shape index (κ3) is 4.48. The van der Waals surface area contributed by atoms with Crippen LogP contribution < -0.4 is 14.5 Å². The van der Waals surface area contributed by atoms with Crippen LogP contribution >= 0.6 is 0 Å². The van der Waals surface area contributed by atoms with Crippen LogP contribution in [0.5, 0.6) is 11.5 Å². The molecule has 1 saturated heterocycles. The summed E-state index contributed by atoms with van der Waals surface area (Å²) in [6, 6.07) is 21.9. The maximum atomic E-state index is 5.88. The second-order valence-electron chi connectivity index (χ2n) is 7.38. The molecule has 0 amide bonds. The first-order valence-corrected chi connectivity index (χ1v) is 10.4. The molecule has 0 saturated carbocycles. The second-order valence-corrected chi connectivity index (χ2v) is 7.38. The molecule has 0 aliphatic carbocycles. The van der Waals surface area contributed by atoms with Crippen molar-refractivity contribution >= 4 is 11.5 Å². The first kappa shape index (κ1) is 19.1. The minimum Gasteiger partial charge on any atom is -0.457 e. The van der Waals surface area contributed by atoms with Crippen molar-refractivity contribution in [3.8, 4) is 22.8 Å². The van der Waals surface area contributed by atoms with Gasteiger partial charge in [-0.25, -0.2) is 4.98 Å². The number of aromatic nitrogens is 3. The average molecular weight is 409 g/mol. The smallest absolute Gasteiger partial charge is 0.147 e. The maximum Gasteiger partial charge on any atom is 0.147 e. The van der Waals surface area contributed by atoms with Crippen molar-refractivity contribution < 1.29 is 4.74 Å². The molecular weight excluding hydrogens is 386 g/mol. The van der Waals surface area contributed by atoms with Crippen molar-refractivity contribution in [1.82, 2.24) is 15.0 Å². The van der Waals surface area contributed by atoms with Gasteiger partial charge in [0.25, 0.3) is 0 Å². The highest BCUT2D eigenvalue weighted by Gasteiger charge is 2.19. The zero-order chi connectivity index (χ0) is 20.9. The fraction of sp³-hybridized carbons (Fsp3) is 0.160. The summed E-state index contributed by atoms with van der Waals surface area (Å²) >= 11 is 0. The van der Waals surface area contributed by atoms with Gasteiger partial charge in [-0.05, 0) is 48.5 Å². The normalized spacial score (nSPS) is 13.8. The summed E-state index contributed by atoms with van der Waals surface area (Å²) in [6.07, 6.45) is 7.34. The van der Waals surface area contributed by atoms with E-state index in [1.165, 1.54) is 5.69 Å². The van der Waals surface area contributed by atoms with E-state index < -0.39 is 0 Å². The van der Waals surface area contributed by atoms with Crippen LogP contribution in [0, 0.1) is 0 Å². The molecule has 31 heavy (non-hydrogen) atoms. The van der Waals surface area contributed by atoms with Crippen molar-refractivity contribution in [3.05, 3.63) is 91.5 Å². The lowest BCUT2D eigenvalue weighted by Crippen LogP contribution is -2.46. The molecule has 2 aromatic carbocycles. The summed E-state index contributed by atoms with van der Waals surface area (Å²) in [7, 11) is 0. The Morgan fingerprint density at radius 1 is 0.645 bits per heavy atom. The molecule has 0 radical (unpaired) electrons. The number of hydrogen-bond donors (Lipinski definition) is 0. The largest absolute Gasteiger partial charge is 0.457 e. The molecule has 5 rings (SSSR count). The highest BCUT2D eigenvalue weighted by molar-refractivity contribution is 5.61. The summed E-state index contributed by atoms with van der Waals surface area (Å²) < 4.78 is 5.88. The van der Waals surface area contributed by atoms with Gasteiger partial charge in [0, 0.05) is 49.8 Å². The molecule has 0 spiro atoms. The number of anilines is 2. The Hall–Kier alpha value is -3.93. The van der Waals surface area contributed by atoms with Crippen LogP contribution in [0.2, 0.25) is 0 Å². The Kier molecular flexibility index (Phi) is 5.43. The van der Waals surface area contributed by atoms with Gasteiger partial charge in [0.1, 0.15) is 17.3 Å². The van der Waals surface area contributed by atoms with E-state index in [1.54, 1.807) is 0 Å². The predicted molar refractivity (Wildman–Crippen MR) is 123 cm³/mol. The number of para-hydroxylation sites is 1. The number of piperazine rings is 1. The first-order valence-electron chi connectivity index (χ1n) is 10.4. The summed E-state index contributed by atoms with van der Waals surface area (Å²) in [6.45, 7) is 3.71.